The number of benzene rings is 3. The maximum atomic E-state index is 13.1. The molecule has 0 amide bonds. The number of Topliss-reactive ketones (excluding diaryl/α,β-unsaturated/α-hetero) is 1. The van der Waals surface area contributed by atoms with Gasteiger partial charge in [-0.1, -0.05) is 45.2 Å². The van der Waals surface area contributed by atoms with Crippen LogP contribution in [0.25, 0.3) is 6.08 Å². The van der Waals surface area contributed by atoms with Gasteiger partial charge in [-0.05, 0) is 60.5 Å². The van der Waals surface area contributed by atoms with Gasteiger partial charge in [-0.2, -0.15) is 0 Å². The highest BCUT2D eigenvalue weighted by molar-refractivity contribution is 9.10. The van der Waals surface area contributed by atoms with Gasteiger partial charge in [-0.15, -0.1) is 0 Å². The third-order valence-electron chi connectivity index (χ3n) is 5.87. The van der Waals surface area contributed by atoms with E-state index in [-0.39, 0.29) is 11.5 Å². The Balaban J connectivity index is 1.38. The second-order valence-corrected chi connectivity index (χ2v) is 9.82. The van der Waals surface area contributed by atoms with Crippen LogP contribution in [-0.2, 0) is 13.0 Å². The zero-order valence-corrected chi connectivity index (χ0v) is 21.3. The molecule has 3 aromatic carbocycles. The predicted octanol–water partition coefficient (Wildman–Crippen LogP) is 6.78. The molecule has 0 atom stereocenters. The van der Waals surface area contributed by atoms with E-state index in [0.29, 0.717) is 40.4 Å². The number of allylic oxidation sites excluding steroid dienone is 1. The molecule has 0 unspecified atom stereocenters. The molecule has 0 saturated heterocycles. The summed E-state index contributed by atoms with van der Waals surface area (Å²) < 4.78 is 18.4. The van der Waals surface area contributed by atoms with Crippen LogP contribution in [0.5, 0.6) is 17.2 Å². The number of hydrogen-bond donors (Lipinski definition) is 0. The van der Waals surface area contributed by atoms with Crippen molar-refractivity contribution in [1.82, 2.24) is 4.90 Å². The van der Waals surface area contributed by atoms with Gasteiger partial charge >= 0.3 is 0 Å². The number of ether oxygens (including phenoxy) is 3. The summed E-state index contributed by atoms with van der Waals surface area (Å²) in [5.41, 5.74) is 3.17. The van der Waals surface area contributed by atoms with Crippen LogP contribution in [0.2, 0.25) is 10.0 Å². The van der Waals surface area contributed by atoms with E-state index < -0.39 is 0 Å². The average molecular weight is 561 g/mol. The van der Waals surface area contributed by atoms with Gasteiger partial charge in [-0.25, -0.2) is 0 Å². The minimum atomic E-state index is -0.162. The highest BCUT2D eigenvalue weighted by Crippen LogP contribution is 2.42. The molecule has 3 aromatic rings. The van der Waals surface area contributed by atoms with Crippen LogP contribution in [0.3, 0.4) is 0 Å². The van der Waals surface area contributed by atoms with Crippen LogP contribution in [-0.4, -0.2) is 31.1 Å². The third kappa shape index (κ3) is 4.56. The maximum Gasteiger partial charge on any atom is 0.231 e. The molecule has 0 saturated carbocycles. The third-order valence-corrected chi connectivity index (χ3v) is 6.95. The highest BCUT2D eigenvalue weighted by Gasteiger charge is 2.33. The molecule has 0 fully saturated rings. The fourth-order valence-electron chi connectivity index (χ4n) is 4.11. The van der Waals surface area contributed by atoms with E-state index in [4.69, 9.17) is 37.4 Å². The van der Waals surface area contributed by atoms with Crippen LogP contribution in [0.4, 0.5) is 0 Å². The van der Waals surface area contributed by atoms with E-state index in [0.717, 1.165) is 39.9 Å². The summed E-state index contributed by atoms with van der Waals surface area (Å²) in [5, 5.41) is 1.27. The number of ketones is 1. The first-order valence-electron chi connectivity index (χ1n) is 10.7. The first kappa shape index (κ1) is 23.2. The Morgan fingerprint density at radius 3 is 2.79 bits per heavy atom. The first-order valence-corrected chi connectivity index (χ1v) is 12.2. The second kappa shape index (κ2) is 9.62. The standard InChI is InChI=1S/C26H20BrCl2NO4/c1-32-22-6-3-17(27)10-16(22)11-24-25(31)19-5-7-23-20(26(19)34-24)13-30(14-33-23)9-8-15-2-4-18(28)12-21(15)29/h2-7,10-12H,8-9,13-14H2,1H3/b24-11-. The topological polar surface area (TPSA) is 48.0 Å². The molecule has 0 radical (unpaired) electrons. The van der Waals surface area contributed by atoms with Gasteiger partial charge in [0.1, 0.15) is 24.0 Å². The lowest BCUT2D eigenvalue weighted by Crippen LogP contribution is -2.33. The number of halogens is 3. The number of hydrogen-bond acceptors (Lipinski definition) is 5. The zero-order valence-electron chi connectivity index (χ0n) is 18.2. The van der Waals surface area contributed by atoms with Crippen molar-refractivity contribution in [1.29, 1.82) is 0 Å². The van der Waals surface area contributed by atoms with Gasteiger partial charge < -0.3 is 14.2 Å². The summed E-state index contributed by atoms with van der Waals surface area (Å²) in [7, 11) is 1.59. The molecule has 8 heteroatoms. The van der Waals surface area contributed by atoms with Crippen molar-refractivity contribution in [2.45, 2.75) is 13.0 Å². The molecule has 0 aromatic heterocycles. The predicted molar refractivity (Wildman–Crippen MR) is 136 cm³/mol. The first-order chi connectivity index (χ1) is 16.4. The molecule has 34 heavy (non-hydrogen) atoms. The van der Waals surface area contributed by atoms with Crippen LogP contribution >= 0.6 is 39.1 Å². The van der Waals surface area contributed by atoms with Crippen LogP contribution in [0.15, 0.2) is 58.8 Å². The number of rotatable bonds is 5. The summed E-state index contributed by atoms with van der Waals surface area (Å²) in [4.78, 5) is 15.3. The Bertz CT molecular complexity index is 1320. The molecular formula is C26H20BrCl2NO4. The van der Waals surface area contributed by atoms with Gasteiger partial charge in [0, 0.05) is 33.2 Å². The van der Waals surface area contributed by atoms with Crippen LogP contribution in [0.1, 0.15) is 27.0 Å². The van der Waals surface area contributed by atoms with Gasteiger partial charge in [0.15, 0.2) is 5.76 Å². The molecular weight excluding hydrogens is 541 g/mol. The van der Waals surface area contributed by atoms with E-state index >= 15 is 0 Å². The zero-order chi connectivity index (χ0) is 23.8. The lowest BCUT2D eigenvalue weighted by atomic mass is 10.0. The SMILES string of the molecule is COc1ccc(Br)cc1/C=C1\Oc2c(ccc3c2CN(CCc2ccc(Cl)cc2Cl)CO3)C1=O. The van der Waals surface area contributed by atoms with Crippen LogP contribution < -0.4 is 14.2 Å². The van der Waals surface area contributed by atoms with Crippen LogP contribution in [0, 0.1) is 0 Å². The average Bonchev–Trinajstić information content (AvgIpc) is 3.14. The molecule has 5 rings (SSSR count). The molecule has 0 aliphatic carbocycles. The Labute approximate surface area is 215 Å². The lowest BCUT2D eigenvalue weighted by molar-refractivity contribution is 0.0950. The van der Waals surface area contributed by atoms with Crippen molar-refractivity contribution < 1.29 is 19.0 Å². The Morgan fingerprint density at radius 1 is 1.15 bits per heavy atom. The summed E-state index contributed by atoms with van der Waals surface area (Å²) in [6.07, 6.45) is 2.46. The Kier molecular flexibility index (Phi) is 6.58. The highest BCUT2D eigenvalue weighted by atomic mass is 79.9. The fraction of sp³-hybridized carbons (Fsp3) is 0.192. The number of methoxy groups -OCH3 is 1. The Hall–Kier alpha value is -2.51. The maximum absolute atomic E-state index is 13.1. The molecule has 0 N–H and O–H groups in total. The van der Waals surface area contributed by atoms with E-state index in [1.165, 1.54) is 0 Å². The molecule has 174 valence electrons. The van der Waals surface area contributed by atoms with Gasteiger partial charge in [-0.3, -0.25) is 9.69 Å². The van der Waals surface area contributed by atoms with Gasteiger partial charge in [0.2, 0.25) is 5.78 Å². The van der Waals surface area contributed by atoms with Crippen molar-refractivity contribution in [3.63, 3.8) is 0 Å². The van der Waals surface area contributed by atoms with E-state index in [9.17, 15) is 4.79 Å². The van der Waals surface area contributed by atoms with Gasteiger partial charge in [0.05, 0.1) is 18.2 Å². The van der Waals surface area contributed by atoms with Crippen molar-refractivity contribution >= 4 is 51.0 Å². The van der Waals surface area contributed by atoms with Gasteiger partial charge in [0.25, 0.3) is 0 Å². The largest absolute Gasteiger partial charge is 0.496 e. The normalized spacial score (nSPS) is 16.1. The van der Waals surface area contributed by atoms with E-state index in [1.807, 2.05) is 36.4 Å². The summed E-state index contributed by atoms with van der Waals surface area (Å²) in [6, 6.07) is 14.7. The monoisotopic (exact) mass is 559 g/mol. The summed E-state index contributed by atoms with van der Waals surface area (Å²) in [5.74, 6) is 2.03. The quantitative estimate of drug-likeness (QED) is 0.322. The molecule has 2 heterocycles. The van der Waals surface area contributed by atoms with Crippen molar-refractivity contribution in [2.75, 3.05) is 20.4 Å². The number of fused-ring (bicyclic) bond motifs is 3. The molecule has 2 aliphatic heterocycles. The molecule has 0 spiro atoms. The molecule has 2 aliphatic rings. The van der Waals surface area contributed by atoms with Crippen molar-refractivity contribution in [3.05, 3.63) is 91.1 Å². The number of nitrogens with zero attached hydrogens (tertiary/aromatic N) is 1. The summed E-state index contributed by atoms with van der Waals surface area (Å²) in [6.45, 7) is 1.78. The van der Waals surface area contributed by atoms with Crippen molar-refractivity contribution in [3.8, 4) is 17.2 Å². The van der Waals surface area contributed by atoms with E-state index in [1.54, 1.807) is 25.3 Å². The Morgan fingerprint density at radius 2 is 2.00 bits per heavy atom. The fourth-order valence-corrected chi connectivity index (χ4v) is 4.99. The van der Waals surface area contributed by atoms with E-state index in [2.05, 4.69) is 20.8 Å². The number of carbonyl (C=O) groups excluding carboxylic acids is 1. The van der Waals surface area contributed by atoms with Crippen molar-refractivity contribution in [2.24, 2.45) is 0 Å². The minimum Gasteiger partial charge on any atom is -0.496 e. The lowest BCUT2D eigenvalue weighted by Gasteiger charge is -2.29. The molecule has 0 bridgehead atoms. The summed E-state index contributed by atoms with van der Waals surface area (Å²) >= 11 is 15.8. The molecule has 5 nitrogen and oxygen atoms in total. The minimum absolute atomic E-state index is 0.162. The second-order valence-electron chi connectivity index (χ2n) is 8.06. The smallest absolute Gasteiger partial charge is 0.231 e. The number of carbonyl (C=O) groups is 1.